The topological polar surface area (TPSA) is 90.7 Å². The van der Waals surface area contributed by atoms with Gasteiger partial charge in [0, 0.05) is 18.4 Å². The van der Waals surface area contributed by atoms with Gasteiger partial charge in [0.05, 0.1) is 25.5 Å². The van der Waals surface area contributed by atoms with Crippen molar-refractivity contribution in [3.8, 4) is 5.69 Å². The van der Waals surface area contributed by atoms with Gasteiger partial charge in [-0.3, -0.25) is 0 Å². The van der Waals surface area contributed by atoms with Crippen molar-refractivity contribution in [2.75, 3.05) is 20.8 Å². The first-order valence-corrected chi connectivity index (χ1v) is 6.57. The second-order valence-corrected chi connectivity index (χ2v) is 4.42. The molecule has 7 heteroatoms. The molecule has 116 valence electrons. The highest BCUT2D eigenvalue weighted by Gasteiger charge is 2.20. The van der Waals surface area contributed by atoms with Crippen LogP contribution in [0, 0.1) is 0 Å². The molecule has 0 radical (unpaired) electrons. The van der Waals surface area contributed by atoms with Gasteiger partial charge >= 0.3 is 11.9 Å². The summed E-state index contributed by atoms with van der Waals surface area (Å²) in [5, 5.41) is 13.3. The maximum Gasteiger partial charge on any atom is 0.358 e. The zero-order valence-electron chi connectivity index (χ0n) is 12.3. The van der Waals surface area contributed by atoms with Crippen molar-refractivity contribution in [2.24, 2.45) is 0 Å². The van der Waals surface area contributed by atoms with E-state index in [0.717, 1.165) is 0 Å². The van der Waals surface area contributed by atoms with Crippen LogP contribution < -0.4 is 0 Å². The van der Waals surface area contributed by atoms with Gasteiger partial charge in [-0.1, -0.05) is 12.1 Å². The predicted molar refractivity (Wildman–Crippen MR) is 77.0 cm³/mol. The number of benzene rings is 1. The van der Waals surface area contributed by atoms with Gasteiger partial charge < -0.3 is 14.6 Å². The number of carbonyl (C=O) groups excluding carboxylic acids is 2. The first kappa shape index (κ1) is 15.7. The largest absolute Gasteiger partial charge is 0.465 e. The molecule has 1 aromatic carbocycles. The first-order chi connectivity index (χ1) is 10.6. The average molecular weight is 304 g/mol. The standard InChI is InChI=1S/C15H16N2O5/c1-21-14(19)11-5-3-4-6-12(11)17-9-10(7-8-18)13(16-17)15(20)22-2/h3-6,9,18H,7-8H2,1-2H3. The number of esters is 2. The number of carbonyl (C=O) groups is 2. The Labute approximate surface area is 127 Å². The molecule has 0 aliphatic carbocycles. The number of aliphatic hydroxyl groups excluding tert-OH is 1. The molecule has 7 nitrogen and oxygen atoms in total. The average Bonchev–Trinajstić information content (AvgIpc) is 2.97. The molecule has 0 saturated heterocycles. The Morgan fingerprint density at radius 1 is 1.18 bits per heavy atom. The zero-order valence-corrected chi connectivity index (χ0v) is 12.3. The van der Waals surface area contributed by atoms with Gasteiger partial charge in [0.25, 0.3) is 0 Å². The molecule has 0 amide bonds. The molecule has 22 heavy (non-hydrogen) atoms. The molecule has 0 atom stereocenters. The first-order valence-electron chi connectivity index (χ1n) is 6.57. The summed E-state index contributed by atoms with van der Waals surface area (Å²) >= 11 is 0. The van der Waals surface area contributed by atoms with E-state index >= 15 is 0 Å². The minimum Gasteiger partial charge on any atom is -0.465 e. The summed E-state index contributed by atoms with van der Waals surface area (Å²) in [5.41, 5.74) is 1.44. The third-order valence-electron chi connectivity index (χ3n) is 3.11. The molecular formula is C15H16N2O5. The molecular weight excluding hydrogens is 288 g/mol. The number of hydrogen-bond donors (Lipinski definition) is 1. The number of aromatic nitrogens is 2. The molecule has 0 bridgehead atoms. The number of ether oxygens (including phenoxy) is 2. The maximum absolute atomic E-state index is 11.8. The van der Waals surface area contributed by atoms with Crippen LogP contribution in [0.15, 0.2) is 30.5 Å². The minimum atomic E-state index is -0.599. The van der Waals surface area contributed by atoms with Crippen molar-refractivity contribution >= 4 is 11.9 Å². The fraction of sp³-hybridized carbons (Fsp3) is 0.267. The van der Waals surface area contributed by atoms with Crippen LogP contribution in [0.2, 0.25) is 0 Å². The Kier molecular flexibility index (Phi) is 4.90. The van der Waals surface area contributed by atoms with E-state index in [9.17, 15) is 9.59 Å². The molecule has 2 rings (SSSR count). The Bertz CT molecular complexity index is 693. The molecule has 0 saturated carbocycles. The second kappa shape index (κ2) is 6.86. The van der Waals surface area contributed by atoms with Gasteiger partial charge in [-0.25, -0.2) is 14.3 Å². The number of rotatable bonds is 5. The second-order valence-electron chi connectivity index (χ2n) is 4.42. The lowest BCUT2D eigenvalue weighted by Gasteiger charge is -2.07. The molecule has 1 aromatic heterocycles. The lowest BCUT2D eigenvalue weighted by atomic mass is 10.1. The van der Waals surface area contributed by atoms with E-state index in [4.69, 9.17) is 9.84 Å². The van der Waals surface area contributed by atoms with Crippen LogP contribution in [0.1, 0.15) is 26.4 Å². The molecule has 0 unspecified atom stereocenters. The normalized spacial score (nSPS) is 10.3. The van der Waals surface area contributed by atoms with E-state index in [0.29, 0.717) is 16.8 Å². The zero-order chi connectivity index (χ0) is 16.1. The van der Waals surface area contributed by atoms with E-state index in [1.165, 1.54) is 18.9 Å². The Morgan fingerprint density at radius 3 is 2.50 bits per heavy atom. The van der Waals surface area contributed by atoms with Gasteiger partial charge in [0.15, 0.2) is 5.69 Å². The summed E-state index contributed by atoms with van der Waals surface area (Å²) in [6, 6.07) is 6.73. The highest BCUT2D eigenvalue weighted by Crippen LogP contribution is 2.18. The SMILES string of the molecule is COC(=O)c1ccccc1-n1cc(CCO)c(C(=O)OC)n1. The van der Waals surface area contributed by atoms with Crippen LogP contribution in [-0.4, -0.2) is 47.7 Å². The van der Waals surface area contributed by atoms with E-state index < -0.39 is 11.9 Å². The van der Waals surface area contributed by atoms with Crippen LogP contribution in [0.4, 0.5) is 0 Å². The Morgan fingerprint density at radius 2 is 1.86 bits per heavy atom. The van der Waals surface area contributed by atoms with Crippen molar-refractivity contribution in [2.45, 2.75) is 6.42 Å². The summed E-state index contributed by atoms with van der Waals surface area (Å²) in [6.07, 6.45) is 1.84. The van der Waals surface area contributed by atoms with Crippen LogP contribution in [0.5, 0.6) is 0 Å². The monoisotopic (exact) mass is 304 g/mol. The number of para-hydroxylation sites is 1. The van der Waals surface area contributed by atoms with Gasteiger partial charge in [-0.05, 0) is 18.6 Å². The lowest BCUT2D eigenvalue weighted by molar-refractivity contribution is 0.0588. The molecule has 0 fully saturated rings. The minimum absolute atomic E-state index is 0.108. The smallest absolute Gasteiger partial charge is 0.358 e. The van der Waals surface area contributed by atoms with Crippen molar-refractivity contribution in [1.29, 1.82) is 0 Å². The van der Waals surface area contributed by atoms with Crippen LogP contribution in [0.3, 0.4) is 0 Å². The third-order valence-corrected chi connectivity index (χ3v) is 3.11. The Balaban J connectivity index is 2.54. The molecule has 1 heterocycles. The fourth-order valence-electron chi connectivity index (χ4n) is 2.06. The number of aliphatic hydroxyl groups is 1. The summed E-state index contributed by atoms with van der Waals surface area (Å²) in [6.45, 7) is -0.131. The van der Waals surface area contributed by atoms with E-state index in [1.54, 1.807) is 30.5 Å². The van der Waals surface area contributed by atoms with Crippen LogP contribution >= 0.6 is 0 Å². The predicted octanol–water partition coefficient (Wildman–Crippen LogP) is 0.980. The summed E-state index contributed by atoms with van der Waals surface area (Å²) < 4.78 is 10.8. The third kappa shape index (κ3) is 2.99. The quantitative estimate of drug-likeness (QED) is 0.828. The molecule has 1 N–H and O–H groups in total. The highest BCUT2D eigenvalue weighted by molar-refractivity contribution is 5.93. The fourth-order valence-corrected chi connectivity index (χ4v) is 2.06. The van der Waals surface area contributed by atoms with E-state index in [1.807, 2.05) is 0 Å². The van der Waals surface area contributed by atoms with Gasteiger partial charge in [0.1, 0.15) is 0 Å². The molecule has 0 aliphatic rings. The highest BCUT2D eigenvalue weighted by atomic mass is 16.5. The van der Waals surface area contributed by atoms with Crippen LogP contribution in [-0.2, 0) is 15.9 Å². The summed E-state index contributed by atoms with van der Waals surface area (Å²) in [7, 11) is 2.55. The van der Waals surface area contributed by atoms with Crippen molar-refractivity contribution in [1.82, 2.24) is 9.78 Å². The molecule has 0 spiro atoms. The van der Waals surface area contributed by atoms with Crippen molar-refractivity contribution < 1.29 is 24.2 Å². The van der Waals surface area contributed by atoms with Crippen molar-refractivity contribution in [3.05, 3.63) is 47.3 Å². The Hall–Kier alpha value is -2.67. The van der Waals surface area contributed by atoms with Gasteiger partial charge in [-0.2, -0.15) is 5.10 Å². The maximum atomic E-state index is 11.8. The number of nitrogens with zero attached hydrogens (tertiary/aromatic N) is 2. The lowest BCUT2D eigenvalue weighted by Crippen LogP contribution is -2.09. The summed E-state index contributed by atoms with van der Waals surface area (Å²) in [5.74, 6) is -1.10. The number of methoxy groups -OCH3 is 2. The van der Waals surface area contributed by atoms with E-state index in [2.05, 4.69) is 9.84 Å². The van der Waals surface area contributed by atoms with Gasteiger partial charge in [0.2, 0.25) is 0 Å². The summed E-state index contributed by atoms with van der Waals surface area (Å²) in [4.78, 5) is 23.6. The van der Waals surface area contributed by atoms with Crippen LogP contribution in [0.25, 0.3) is 5.69 Å². The molecule has 2 aromatic rings. The van der Waals surface area contributed by atoms with Gasteiger partial charge in [-0.15, -0.1) is 0 Å². The van der Waals surface area contributed by atoms with Crippen molar-refractivity contribution in [3.63, 3.8) is 0 Å². The number of hydrogen-bond acceptors (Lipinski definition) is 6. The molecule has 0 aliphatic heterocycles. The van der Waals surface area contributed by atoms with E-state index in [-0.39, 0.29) is 18.7 Å².